The first-order valence-corrected chi connectivity index (χ1v) is 6.93. The van der Waals surface area contributed by atoms with Gasteiger partial charge in [0.2, 0.25) is 0 Å². The second-order valence-corrected chi connectivity index (χ2v) is 6.57. The van der Waals surface area contributed by atoms with Crippen molar-refractivity contribution in [2.45, 2.75) is 50.5 Å². The van der Waals surface area contributed by atoms with Crippen molar-refractivity contribution in [3.63, 3.8) is 0 Å². The van der Waals surface area contributed by atoms with Crippen molar-refractivity contribution in [1.29, 1.82) is 0 Å². The van der Waals surface area contributed by atoms with Crippen molar-refractivity contribution in [2.75, 3.05) is 6.61 Å². The van der Waals surface area contributed by atoms with Crippen LogP contribution in [0.15, 0.2) is 24.3 Å². The van der Waals surface area contributed by atoms with E-state index in [1.807, 2.05) is 0 Å². The molecule has 2 aliphatic carbocycles. The van der Waals surface area contributed by atoms with Crippen molar-refractivity contribution in [2.24, 2.45) is 5.41 Å². The van der Waals surface area contributed by atoms with Crippen molar-refractivity contribution in [3.05, 3.63) is 35.4 Å². The topological polar surface area (TPSA) is 9.23 Å². The minimum absolute atomic E-state index is 0.197. The van der Waals surface area contributed by atoms with Gasteiger partial charge in [-0.3, -0.25) is 0 Å². The number of hydrogen-bond donors (Lipinski definition) is 0. The molecule has 2 bridgehead atoms. The molecule has 0 unspecified atom stereocenters. The molecule has 0 amide bonds. The first-order chi connectivity index (χ1) is 8.21. The van der Waals surface area contributed by atoms with E-state index in [2.05, 4.69) is 31.2 Å². The smallest absolute Gasteiger partial charge is 0.0661 e. The number of fused-ring (bicyclic) bond motifs is 3. The summed E-state index contributed by atoms with van der Waals surface area (Å²) in [6.07, 6.45) is 6.46. The van der Waals surface area contributed by atoms with E-state index >= 15 is 0 Å². The van der Waals surface area contributed by atoms with E-state index in [1.54, 1.807) is 11.1 Å². The fourth-order valence-corrected chi connectivity index (χ4v) is 4.61. The van der Waals surface area contributed by atoms with Gasteiger partial charge in [0, 0.05) is 5.41 Å². The van der Waals surface area contributed by atoms with E-state index in [9.17, 15) is 0 Å². The zero-order valence-corrected chi connectivity index (χ0v) is 10.5. The third-order valence-electron chi connectivity index (χ3n) is 5.46. The largest absolute Gasteiger partial charge is 0.375 e. The Balaban J connectivity index is 1.81. The molecule has 0 N–H and O–H groups in total. The van der Waals surface area contributed by atoms with Crippen LogP contribution in [0, 0.1) is 5.41 Å². The summed E-state index contributed by atoms with van der Waals surface area (Å²) < 4.78 is 6.14. The van der Waals surface area contributed by atoms with Gasteiger partial charge >= 0.3 is 0 Å². The van der Waals surface area contributed by atoms with Crippen LogP contribution < -0.4 is 0 Å². The molecule has 3 aliphatic rings. The molecule has 1 heterocycles. The SMILES string of the molecule is C[C@]12CC[C@H]3c4ccccc4CC[C@]3(CO1)C2. The molecule has 2 fully saturated rings. The highest BCUT2D eigenvalue weighted by Gasteiger charge is 2.56. The summed E-state index contributed by atoms with van der Waals surface area (Å²) in [5.74, 6) is 0.767. The maximum Gasteiger partial charge on any atom is 0.0661 e. The van der Waals surface area contributed by atoms with Crippen molar-refractivity contribution in [3.8, 4) is 0 Å². The predicted molar refractivity (Wildman–Crippen MR) is 68.1 cm³/mol. The summed E-state index contributed by atoms with van der Waals surface area (Å²) in [6.45, 7) is 3.32. The van der Waals surface area contributed by atoms with E-state index in [4.69, 9.17) is 4.74 Å². The quantitative estimate of drug-likeness (QED) is 0.658. The van der Waals surface area contributed by atoms with Gasteiger partial charge in [-0.15, -0.1) is 0 Å². The average molecular weight is 228 g/mol. The first-order valence-electron chi connectivity index (χ1n) is 6.93. The molecule has 1 spiro atoms. The maximum atomic E-state index is 6.14. The minimum atomic E-state index is 0.197. The predicted octanol–water partition coefficient (Wildman–Crippen LogP) is 3.68. The standard InChI is InChI=1S/C16H20O/c1-15-8-7-14-13-5-3-2-4-12(13)6-9-16(14,10-15)11-17-15/h2-5,14H,6-11H2,1H3/t14-,15+,16+/m0/s1. The van der Waals surface area contributed by atoms with Crippen LogP contribution in [0.3, 0.4) is 0 Å². The summed E-state index contributed by atoms with van der Waals surface area (Å²) in [5.41, 5.74) is 3.90. The zero-order valence-electron chi connectivity index (χ0n) is 10.5. The molecule has 1 heteroatoms. The van der Waals surface area contributed by atoms with E-state index in [-0.39, 0.29) is 5.60 Å². The zero-order chi connectivity index (χ0) is 11.5. The molecule has 1 aliphatic heterocycles. The summed E-state index contributed by atoms with van der Waals surface area (Å²) in [7, 11) is 0. The Hall–Kier alpha value is -0.820. The molecule has 1 aromatic rings. The molecular formula is C16H20O. The fraction of sp³-hybridized carbons (Fsp3) is 0.625. The van der Waals surface area contributed by atoms with Gasteiger partial charge in [-0.2, -0.15) is 0 Å². The first kappa shape index (κ1) is 10.1. The number of ether oxygens (including phenoxy) is 1. The Morgan fingerprint density at radius 2 is 2.12 bits per heavy atom. The molecule has 4 rings (SSSR count). The van der Waals surface area contributed by atoms with Crippen LogP contribution in [0.2, 0.25) is 0 Å². The second-order valence-electron chi connectivity index (χ2n) is 6.57. The molecule has 17 heavy (non-hydrogen) atoms. The summed E-state index contributed by atoms with van der Waals surface area (Å²) in [5, 5.41) is 0. The number of hydrogen-bond acceptors (Lipinski definition) is 1. The lowest BCUT2D eigenvalue weighted by atomic mass is 9.57. The summed E-state index contributed by atoms with van der Waals surface area (Å²) in [6, 6.07) is 9.09. The molecule has 1 saturated carbocycles. The highest BCUT2D eigenvalue weighted by molar-refractivity contribution is 5.36. The van der Waals surface area contributed by atoms with Crippen LogP contribution in [0.5, 0.6) is 0 Å². The Kier molecular flexibility index (Phi) is 1.87. The van der Waals surface area contributed by atoms with Gasteiger partial charge in [0.05, 0.1) is 12.2 Å². The van der Waals surface area contributed by atoms with Gasteiger partial charge in [-0.25, -0.2) is 0 Å². The van der Waals surface area contributed by atoms with E-state index in [0.29, 0.717) is 5.41 Å². The van der Waals surface area contributed by atoms with Crippen LogP contribution in [-0.2, 0) is 11.2 Å². The van der Waals surface area contributed by atoms with E-state index < -0.39 is 0 Å². The Morgan fingerprint density at radius 1 is 1.24 bits per heavy atom. The van der Waals surface area contributed by atoms with Gasteiger partial charge in [0.15, 0.2) is 0 Å². The van der Waals surface area contributed by atoms with Gasteiger partial charge in [-0.05, 0) is 56.1 Å². The maximum absolute atomic E-state index is 6.14. The fourth-order valence-electron chi connectivity index (χ4n) is 4.61. The third-order valence-corrected chi connectivity index (χ3v) is 5.46. The van der Waals surface area contributed by atoms with Gasteiger partial charge in [-0.1, -0.05) is 24.3 Å². The number of benzene rings is 1. The third kappa shape index (κ3) is 1.29. The van der Waals surface area contributed by atoms with Crippen molar-refractivity contribution in [1.82, 2.24) is 0 Å². The second kappa shape index (κ2) is 3.14. The van der Waals surface area contributed by atoms with Crippen molar-refractivity contribution >= 4 is 0 Å². The Morgan fingerprint density at radius 3 is 3.06 bits per heavy atom. The molecular weight excluding hydrogens is 208 g/mol. The molecule has 90 valence electrons. The van der Waals surface area contributed by atoms with Crippen LogP contribution in [0.25, 0.3) is 0 Å². The van der Waals surface area contributed by atoms with E-state index in [0.717, 1.165) is 12.5 Å². The highest BCUT2D eigenvalue weighted by atomic mass is 16.5. The molecule has 3 atom stereocenters. The summed E-state index contributed by atoms with van der Waals surface area (Å²) in [4.78, 5) is 0. The lowest BCUT2D eigenvalue weighted by molar-refractivity contribution is 0.0143. The highest BCUT2D eigenvalue weighted by Crippen LogP contribution is 2.61. The molecule has 1 nitrogen and oxygen atoms in total. The lowest BCUT2D eigenvalue weighted by Gasteiger charge is -2.46. The van der Waals surface area contributed by atoms with Crippen LogP contribution in [-0.4, -0.2) is 12.2 Å². The van der Waals surface area contributed by atoms with Crippen LogP contribution in [0.1, 0.15) is 49.7 Å². The average Bonchev–Trinajstić information content (AvgIpc) is 2.60. The lowest BCUT2D eigenvalue weighted by Crippen LogP contribution is -2.40. The Labute approximate surface area is 103 Å². The van der Waals surface area contributed by atoms with Crippen molar-refractivity contribution < 1.29 is 4.74 Å². The van der Waals surface area contributed by atoms with Gasteiger partial charge in [0.25, 0.3) is 0 Å². The number of aryl methyl sites for hydroxylation is 1. The van der Waals surface area contributed by atoms with Gasteiger partial charge in [0.1, 0.15) is 0 Å². The minimum Gasteiger partial charge on any atom is -0.375 e. The molecule has 1 aromatic carbocycles. The number of rotatable bonds is 0. The van der Waals surface area contributed by atoms with E-state index in [1.165, 1.54) is 32.1 Å². The molecule has 1 saturated heterocycles. The van der Waals surface area contributed by atoms with Crippen LogP contribution >= 0.6 is 0 Å². The summed E-state index contributed by atoms with van der Waals surface area (Å²) >= 11 is 0. The molecule has 0 aromatic heterocycles. The molecule has 0 radical (unpaired) electrons. The van der Waals surface area contributed by atoms with Gasteiger partial charge < -0.3 is 4.74 Å². The normalized spacial score (nSPS) is 43.0. The monoisotopic (exact) mass is 228 g/mol. The van der Waals surface area contributed by atoms with Crippen LogP contribution in [0.4, 0.5) is 0 Å². The Bertz CT molecular complexity index is 466.